The van der Waals surface area contributed by atoms with Crippen LogP contribution in [0.5, 0.6) is 0 Å². The van der Waals surface area contributed by atoms with Crippen LogP contribution >= 0.6 is 0 Å². The van der Waals surface area contributed by atoms with Crippen LogP contribution in [0.2, 0.25) is 0 Å². The van der Waals surface area contributed by atoms with Crippen molar-refractivity contribution in [3.05, 3.63) is 42.1 Å². The van der Waals surface area contributed by atoms with Crippen molar-refractivity contribution in [2.75, 3.05) is 19.8 Å². The Morgan fingerprint density at radius 1 is 1.33 bits per heavy atom. The molecule has 3 rings (SSSR count). The number of benzene rings is 1. The smallest absolute Gasteiger partial charge is 0.330 e. The highest BCUT2D eigenvalue weighted by atomic mass is 16.7. The fourth-order valence-corrected chi connectivity index (χ4v) is 2.94. The molecule has 1 aromatic carbocycles. The zero-order valence-electron chi connectivity index (χ0n) is 13.9. The number of carbonyl (C=O) groups excluding carboxylic acids is 1. The molecule has 0 saturated carbocycles. The van der Waals surface area contributed by atoms with E-state index in [-0.39, 0.29) is 12.3 Å². The third-order valence-corrected chi connectivity index (χ3v) is 4.03. The number of carbonyl (C=O) groups is 1. The molecule has 1 fully saturated rings. The number of nitrogens with zero attached hydrogens (tertiary/aromatic N) is 1. The Hall–Kier alpha value is -2.11. The first kappa shape index (κ1) is 16.7. The summed E-state index contributed by atoms with van der Waals surface area (Å²) in [6.45, 7) is 4.46. The van der Waals surface area contributed by atoms with Gasteiger partial charge in [0.1, 0.15) is 0 Å². The standard InChI is InChI=1S/C19H23NO4/c1-2-22-18(21)10-9-15-14-20(17-7-4-3-6-16(15)17)11-5-8-19-23-12-13-24-19/h3-4,6-7,9-10,14,19H,2,5,8,11-13H2,1H3. The molecule has 1 aliphatic rings. The van der Waals surface area contributed by atoms with Crippen molar-refractivity contribution in [1.82, 2.24) is 4.57 Å². The number of aromatic nitrogens is 1. The summed E-state index contributed by atoms with van der Waals surface area (Å²) in [6, 6.07) is 8.20. The second-order valence-corrected chi connectivity index (χ2v) is 5.69. The van der Waals surface area contributed by atoms with Crippen molar-refractivity contribution in [2.24, 2.45) is 0 Å². The Bertz CT molecular complexity index is 713. The highest BCUT2D eigenvalue weighted by Crippen LogP contribution is 2.23. The summed E-state index contributed by atoms with van der Waals surface area (Å²) >= 11 is 0. The van der Waals surface area contributed by atoms with Crippen LogP contribution in [0.4, 0.5) is 0 Å². The van der Waals surface area contributed by atoms with Gasteiger partial charge in [-0.15, -0.1) is 0 Å². The fraction of sp³-hybridized carbons (Fsp3) is 0.421. The van der Waals surface area contributed by atoms with Gasteiger partial charge in [0, 0.05) is 41.7 Å². The topological polar surface area (TPSA) is 49.7 Å². The zero-order chi connectivity index (χ0) is 16.8. The summed E-state index contributed by atoms with van der Waals surface area (Å²) in [5.41, 5.74) is 2.18. The highest BCUT2D eigenvalue weighted by Gasteiger charge is 2.15. The van der Waals surface area contributed by atoms with Crippen LogP contribution in [0.3, 0.4) is 0 Å². The molecule has 24 heavy (non-hydrogen) atoms. The monoisotopic (exact) mass is 329 g/mol. The number of fused-ring (bicyclic) bond motifs is 1. The summed E-state index contributed by atoms with van der Waals surface area (Å²) < 4.78 is 18.1. The first-order valence-electron chi connectivity index (χ1n) is 8.44. The summed E-state index contributed by atoms with van der Waals surface area (Å²) in [7, 11) is 0. The van der Waals surface area contributed by atoms with Gasteiger partial charge in [-0.25, -0.2) is 4.79 Å². The van der Waals surface area contributed by atoms with Gasteiger partial charge in [0.05, 0.1) is 19.8 Å². The molecule has 128 valence electrons. The molecule has 0 amide bonds. The molecule has 5 heteroatoms. The van der Waals surface area contributed by atoms with E-state index in [9.17, 15) is 4.79 Å². The summed E-state index contributed by atoms with van der Waals surface area (Å²) in [6.07, 6.45) is 7.19. The van der Waals surface area contributed by atoms with Gasteiger partial charge in [-0.05, 0) is 25.5 Å². The van der Waals surface area contributed by atoms with Crippen LogP contribution < -0.4 is 0 Å². The molecule has 1 aromatic heterocycles. The third kappa shape index (κ3) is 4.04. The Morgan fingerprint density at radius 2 is 2.12 bits per heavy atom. The lowest BCUT2D eigenvalue weighted by Gasteiger charge is -2.09. The van der Waals surface area contributed by atoms with E-state index in [1.54, 1.807) is 6.92 Å². The van der Waals surface area contributed by atoms with Crippen LogP contribution in [-0.4, -0.2) is 36.6 Å². The van der Waals surface area contributed by atoms with Crippen LogP contribution in [0.1, 0.15) is 25.3 Å². The van der Waals surface area contributed by atoms with E-state index in [4.69, 9.17) is 14.2 Å². The van der Waals surface area contributed by atoms with Gasteiger partial charge in [0.15, 0.2) is 6.29 Å². The number of aryl methyl sites for hydroxylation is 1. The van der Waals surface area contributed by atoms with Crippen molar-refractivity contribution in [1.29, 1.82) is 0 Å². The van der Waals surface area contributed by atoms with E-state index in [0.717, 1.165) is 35.9 Å². The van der Waals surface area contributed by atoms with Crippen molar-refractivity contribution >= 4 is 22.9 Å². The molecule has 0 N–H and O–H groups in total. The first-order chi connectivity index (χ1) is 11.8. The van der Waals surface area contributed by atoms with Crippen LogP contribution in [0.15, 0.2) is 36.5 Å². The fourth-order valence-electron chi connectivity index (χ4n) is 2.94. The largest absolute Gasteiger partial charge is 0.463 e. The molecule has 0 atom stereocenters. The van der Waals surface area contributed by atoms with Gasteiger partial charge in [0.25, 0.3) is 0 Å². The van der Waals surface area contributed by atoms with E-state index < -0.39 is 0 Å². The molecular formula is C19H23NO4. The van der Waals surface area contributed by atoms with Crippen molar-refractivity contribution in [3.63, 3.8) is 0 Å². The normalized spacial score (nSPS) is 15.5. The quantitative estimate of drug-likeness (QED) is 0.577. The van der Waals surface area contributed by atoms with Crippen molar-refractivity contribution in [3.8, 4) is 0 Å². The van der Waals surface area contributed by atoms with Crippen LogP contribution in [-0.2, 0) is 25.5 Å². The van der Waals surface area contributed by atoms with E-state index in [1.165, 1.54) is 6.08 Å². The van der Waals surface area contributed by atoms with E-state index >= 15 is 0 Å². The molecule has 2 aromatic rings. The summed E-state index contributed by atoms with van der Waals surface area (Å²) in [5.74, 6) is -0.315. The van der Waals surface area contributed by atoms with Gasteiger partial charge in [-0.3, -0.25) is 0 Å². The molecule has 0 bridgehead atoms. The second-order valence-electron chi connectivity index (χ2n) is 5.69. The molecule has 0 spiro atoms. The number of hydrogen-bond donors (Lipinski definition) is 0. The predicted octanol–water partition coefficient (Wildman–Crippen LogP) is 3.37. The molecular weight excluding hydrogens is 306 g/mol. The maximum atomic E-state index is 11.5. The number of para-hydroxylation sites is 1. The van der Waals surface area contributed by atoms with Gasteiger partial charge in [-0.1, -0.05) is 18.2 Å². The maximum Gasteiger partial charge on any atom is 0.330 e. The molecule has 1 aliphatic heterocycles. The average Bonchev–Trinajstić information content (AvgIpc) is 3.22. The Morgan fingerprint density at radius 3 is 2.92 bits per heavy atom. The third-order valence-electron chi connectivity index (χ3n) is 4.03. The molecule has 5 nitrogen and oxygen atoms in total. The number of esters is 1. The van der Waals surface area contributed by atoms with E-state index in [2.05, 4.69) is 22.9 Å². The van der Waals surface area contributed by atoms with Gasteiger partial charge in [-0.2, -0.15) is 0 Å². The van der Waals surface area contributed by atoms with Crippen LogP contribution in [0, 0.1) is 0 Å². The number of rotatable bonds is 7. The minimum atomic E-state index is -0.315. The zero-order valence-corrected chi connectivity index (χ0v) is 13.9. The maximum absolute atomic E-state index is 11.5. The summed E-state index contributed by atoms with van der Waals surface area (Å²) in [4.78, 5) is 11.5. The van der Waals surface area contributed by atoms with E-state index in [1.807, 2.05) is 18.2 Å². The van der Waals surface area contributed by atoms with Crippen LogP contribution in [0.25, 0.3) is 17.0 Å². The van der Waals surface area contributed by atoms with Crippen molar-refractivity contribution in [2.45, 2.75) is 32.6 Å². The van der Waals surface area contributed by atoms with Gasteiger partial charge in [0.2, 0.25) is 0 Å². The molecule has 2 heterocycles. The molecule has 0 unspecified atom stereocenters. The second kappa shape index (κ2) is 8.13. The Kier molecular flexibility index (Phi) is 5.67. The first-order valence-corrected chi connectivity index (χ1v) is 8.44. The van der Waals surface area contributed by atoms with Gasteiger partial charge >= 0.3 is 5.97 Å². The Balaban J connectivity index is 1.72. The lowest BCUT2D eigenvalue weighted by Crippen LogP contribution is -2.08. The van der Waals surface area contributed by atoms with E-state index in [0.29, 0.717) is 19.8 Å². The minimum absolute atomic E-state index is 0.0602. The SMILES string of the molecule is CCOC(=O)C=Cc1cn(CCCC2OCCO2)c2ccccc12. The minimum Gasteiger partial charge on any atom is -0.463 e. The number of hydrogen-bond acceptors (Lipinski definition) is 4. The van der Waals surface area contributed by atoms with Crippen molar-refractivity contribution < 1.29 is 19.0 Å². The number of ether oxygens (including phenoxy) is 3. The summed E-state index contributed by atoms with van der Waals surface area (Å²) in [5, 5.41) is 1.13. The molecule has 0 aliphatic carbocycles. The van der Waals surface area contributed by atoms with Gasteiger partial charge < -0.3 is 18.8 Å². The average molecular weight is 329 g/mol. The highest BCUT2D eigenvalue weighted by molar-refractivity contribution is 5.94. The molecule has 0 radical (unpaired) electrons. The lowest BCUT2D eigenvalue weighted by molar-refractivity contribution is -0.137. The Labute approximate surface area is 141 Å². The lowest BCUT2D eigenvalue weighted by atomic mass is 10.1. The molecule has 1 saturated heterocycles. The predicted molar refractivity (Wildman–Crippen MR) is 92.5 cm³/mol.